The van der Waals surface area contributed by atoms with Crippen molar-refractivity contribution >= 4 is 5.91 Å². The lowest BCUT2D eigenvalue weighted by Gasteiger charge is -2.30. The Morgan fingerprint density at radius 2 is 1.70 bits per heavy atom. The molecule has 148 valence electrons. The number of nitrogens with zero attached hydrogens (tertiary/aromatic N) is 3. The van der Waals surface area contributed by atoms with Gasteiger partial charge in [0.05, 0.1) is 23.1 Å². The highest BCUT2D eigenvalue weighted by molar-refractivity contribution is 5.95. The quantitative estimate of drug-likeness (QED) is 0.760. The molecule has 2 rings (SSSR count). The first-order valence-corrected chi connectivity index (χ1v) is 9.60. The Morgan fingerprint density at radius 3 is 2.22 bits per heavy atom. The van der Waals surface area contributed by atoms with E-state index < -0.39 is 0 Å². The van der Waals surface area contributed by atoms with E-state index in [-0.39, 0.29) is 17.6 Å². The maximum Gasteiger partial charge on any atom is 0.254 e. The highest BCUT2D eigenvalue weighted by atomic mass is 19.1. The lowest BCUT2D eigenvalue weighted by Crippen LogP contribution is -2.42. The number of aromatic nitrogens is 2. The van der Waals surface area contributed by atoms with E-state index in [1.807, 2.05) is 13.8 Å². The number of halogens is 1. The minimum atomic E-state index is -0.296. The molecular formula is C21H31FN4O. The molecule has 2 aromatic rings. The van der Waals surface area contributed by atoms with Gasteiger partial charge < -0.3 is 5.32 Å². The summed E-state index contributed by atoms with van der Waals surface area (Å²) in [7, 11) is 0. The zero-order chi connectivity index (χ0) is 20.1. The Hall–Kier alpha value is -2.21. The fourth-order valence-corrected chi connectivity index (χ4v) is 3.38. The SMILES string of the molecule is CC(C)c1c(C(=O)NCCN(C(C)C)C(C)C)cnn1-c1ccc(F)cc1. The monoisotopic (exact) mass is 374 g/mol. The molecule has 27 heavy (non-hydrogen) atoms. The van der Waals surface area contributed by atoms with Crippen molar-refractivity contribution in [3.63, 3.8) is 0 Å². The summed E-state index contributed by atoms with van der Waals surface area (Å²) in [5, 5.41) is 7.40. The van der Waals surface area contributed by atoms with Crippen LogP contribution in [-0.2, 0) is 0 Å². The fraction of sp³-hybridized carbons (Fsp3) is 0.524. The number of hydrogen-bond donors (Lipinski definition) is 1. The second kappa shape index (κ2) is 9.13. The molecule has 0 aliphatic carbocycles. The molecule has 1 N–H and O–H groups in total. The lowest BCUT2D eigenvalue weighted by atomic mass is 10.0. The van der Waals surface area contributed by atoms with E-state index >= 15 is 0 Å². The van der Waals surface area contributed by atoms with E-state index in [0.29, 0.717) is 24.2 Å². The van der Waals surface area contributed by atoms with Gasteiger partial charge in [-0.15, -0.1) is 0 Å². The van der Waals surface area contributed by atoms with Crippen molar-refractivity contribution in [2.75, 3.05) is 13.1 Å². The van der Waals surface area contributed by atoms with Gasteiger partial charge in [-0.05, 0) is 57.9 Å². The van der Waals surface area contributed by atoms with Crippen molar-refractivity contribution in [2.24, 2.45) is 0 Å². The van der Waals surface area contributed by atoms with Gasteiger partial charge in [0.15, 0.2) is 0 Å². The van der Waals surface area contributed by atoms with Gasteiger partial charge in [-0.2, -0.15) is 5.10 Å². The largest absolute Gasteiger partial charge is 0.351 e. The predicted molar refractivity (Wildman–Crippen MR) is 107 cm³/mol. The van der Waals surface area contributed by atoms with Crippen LogP contribution in [0.3, 0.4) is 0 Å². The van der Waals surface area contributed by atoms with Crippen LogP contribution in [0.5, 0.6) is 0 Å². The summed E-state index contributed by atoms with van der Waals surface area (Å²) >= 11 is 0. The summed E-state index contributed by atoms with van der Waals surface area (Å²) in [4.78, 5) is 15.1. The second-order valence-electron chi connectivity index (χ2n) is 7.67. The molecule has 0 unspecified atom stereocenters. The van der Waals surface area contributed by atoms with E-state index in [4.69, 9.17) is 0 Å². The first-order valence-electron chi connectivity index (χ1n) is 9.60. The first-order chi connectivity index (χ1) is 12.7. The maximum absolute atomic E-state index is 13.2. The summed E-state index contributed by atoms with van der Waals surface area (Å²) < 4.78 is 14.9. The third-order valence-electron chi connectivity index (χ3n) is 4.65. The first kappa shape index (κ1) is 21.1. The molecule has 0 aliphatic rings. The van der Waals surface area contributed by atoms with Gasteiger partial charge in [0, 0.05) is 25.2 Å². The number of carbonyl (C=O) groups is 1. The molecule has 1 amide bonds. The van der Waals surface area contributed by atoms with Gasteiger partial charge >= 0.3 is 0 Å². The fourth-order valence-electron chi connectivity index (χ4n) is 3.38. The zero-order valence-corrected chi connectivity index (χ0v) is 17.2. The van der Waals surface area contributed by atoms with Crippen LogP contribution in [0.2, 0.25) is 0 Å². The highest BCUT2D eigenvalue weighted by Crippen LogP contribution is 2.23. The maximum atomic E-state index is 13.2. The van der Waals surface area contributed by atoms with Gasteiger partial charge in [-0.1, -0.05) is 13.8 Å². The zero-order valence-electron chi connectivity index (χ0n) is 17.2. The molecule has 5 nitrogen and oxygen atoms in total. The molecule has 1 heterocycles. The van der Waals surface area contributed by atoms with Crippen molar-refractivity contribution in [1.29, 1.82) is 0 Å². The summed E-state index contributed by atoms with van der Waals surface area (Å²) in [5.41, 5.74) is 2.13. The van der Waals surface area contributed by atoms with Crippen LogP contribution in [0.15, 0.2) is 30.5 Å². The van der Waals surface area contributed by atoms with Gasteiger partial charge in [0.25, 0.3) is 5.91 Å². The van der Waals surface area contributed by atoms with E-state index in [0.717, 1.165) is 17.9 Å². The van der Waals surface area contributed by atoms with Gasteiger partial charge in [0.1, 0.15) is 5.82 Å². The number of nitrogens with one attached hydrogen (secondary N) is 1. The molecule has 0 saturated heterocycles. The topological polar surface area (TPSA) is 50.2 Å². The Morgan fingerprint density at radius 1 is 1.11 bits per heavy atom. The summed E-state index contributed by atoms with van der Waals surface area (Å²) in [6.45, 7) is 14.0. The highest BCUT2D eigenvalue weighted by Gasteiger charge is 2.21. The molecule has 0 bridgehead atoms. The average Bonchev–Trinajstić information content (AvgIpc) is 3.03. The number of amides is 1. The van der Waals surface area contributed by atoms with E-state index in [2.05, 4.69) is 43.0 Å². The Bertz CT molecular complexity index is 742. The lowest BCUT2D eigenvalue weighted by molar-refractivity contribution is 0.0938. The van der Waals surface area contributed by atoms with Gasteiger partial charge in [0.2, 0.25) is 0 Å². The van der Waals surface area contributed by atoms with Gasteiger partial charge in [-0.25, -0.2) is 9.07 Å². The Balaban J connectivity index is 2.16. The number of hydrogen-bond acceptors (Lipinski definition) is 3. The van der Waals surface area contributed by atoms with Crippen molar-refractivity contribution in [3.05, 3.63) is 47.5 Å². The van der Waals surface area contributed by atoms with Crippen molar-refractivity contribution in [2.45, 2.75) is 59.5 Å². The number of rotatable bonds is 8. The molecular weight excluding hydrogens is 343 g/mol. The molecule has 0 radical (unpaired) electrons. The summed E-state index contributed by atoms with van der Waals surface area (Å²) in [6.07, 6.45) is 1.59. The third kappa shape index (κ3) is 5.16. The number of carbonyl (C=O) groups excluding carboxylic acids is 1. The van der Waals surface area contributed by atoms with Crippen LogP contribution in [-0.4, -0.2) is 45.8 Å². The number of benzene rings is 1. The van der Waals surface area contributed by atoms with Crippen LogP contribution in [0.4, 0.5) is 4.39 Å². The molecule has 0 saturated carbocycles. The summed E-state index contributed by atoms with van der Waals surface area (Å²) in [6, 6.07) is 6.97. The van der Waals surface area contributed by atoms with Crippen LogP contribution in [0.25, 0.3) is 5.69 Å². The van der Waals surface area contributed by atoms with Crippen LogP contribution >= 0.6 is 0 Å². The molecule has 1 aromatic heterocycles. The Kier molecular flexibility index (Phi) is 7.13. The minimum absolute atomic E-state index is 0.0983. The Labute approximate surface area is 161 Å². The van der Waals surface area contributed by atoms with Crippen molar-refractivity contribution < 1.29 is 9.18 Å². The third-order valence-corrected chi connectivity index (χ3v) is 4.65. The van der Waals surface area contributed by atoms with E-state index in [1.54, 1.807) is 23.0 Å². The molecule has 0 aliphatic heterocycles. The predicted octanol–water partition coefficient (Wildman–Crippen LogP) is 3.98. The smallest absolute Gasteiger partial charge is 0.254 e. The molecule has 0 atom stereocenters. The van der Waals surface area contributed by atoms with Crippen LogP contribution in [0, 0.1) is 5.82 Å². The van der Waals surface area contributed by atoms with Crippen LogP contribution < -0.4 is 5.32 Å². The standard InChI is InChI=1S/C21H31FN4O/c1-14(2)20-19(13-24-26(20)18-9-7-17(22)8-10-18)21(27)23-11-12-25(15(3)4)16(5)6/h7-10,13-16H,11-12H2,1-6H3,(H,23,27). The van der Waals surface area contributed by atoms with Crippen LogP contribution in [0.1, 0.15) is 63.5 Å². The molecule has 0 fully saturated rings. The van der Waals surface area contributed by atoms with Crippen molar-refractivity contribution in [3.8, 4) is 5.69 Å². The normalized spacial score (nSPS) is 11.8. The second-order valence-corrected chi connectivity index (χ2v) is 7.67. The van der Waals surface area contributed by atoms with Gasteiger partial charge in [-0.3, -0.25) is 9.69 Å². The molecule has 1 aromatic carbocycles. The van der Waals surface area contributed by atoms with E-state index in [1.165, 1.54) is 12.1 Å². The van der Waals surface area contributed by atoms with Crippen molar-refractivity contribution in [1.82, 2.24) is 20.0 Å². The average molecular weight is 375 g/mol. The van der Waals surface area contributed by atoms with E-state index in [9.17, 15) is 9.18 Å². The molecule has 6 heteroatoms. The summed E-state index contributed by atoms with van der Waals surface area (Å²) in [5.74, 6) is -0.324. The minimum Gasteiger partial charge on any atom is -0.351 e. The molecule has 0 spiro atoms.